The maximum atomic E-state index is 12.7. The van der Waals surface area contributed by atoms with Crippen molar-refractivity contribution in [3.8, 4) is 0 Å². The summed E-state index contributed by atoms with van der Waals surface area (Å²) in [5.74, 6) is 0.692. The minimum absolute atomic E-state index is 0. The zero-order valence-corrected chi connectivity index (χ0v) is 14.9. The van der Waals surface area contributed by atoms with Crippen LogP contribution in [0.1, 0.15) is 36.4 Å². The first-order valence-corrected chi connectivity index (χ1v) is 8.37. The minimum Gasteiger partial charge on any atom is -0.341 e. The molecule has 1 aromatic rings. The zero-order valence-electron chi connectivity index (χ0n) is 14.1. The second-order valence-corrected chi connectivity index (χ2v) is 6.91. The van der Waals surface area contributed by atoms with Gasteiger partial charge in [0.05, 0.1) is 0 Å². The Bertz CT molecular complexity index is 534. The predicted octanol–water partition coefficient (Wildman–Crippen LogP) is 2.36. The Labute approximate surface area is 145 Å². The van der Waals surface area contributed by atoms with E-state index in [1.54, 1.807) is 0 Å². The molecule has 3 rings (SSSR count). The summed E-state index contributed by atoms with van der Waals surface area (Å²) in [6.45, 7) is 4.94. The van der Waals surface area contributed by atoms with E-state index in [9.17, 15) is 4.79 Å². The Morgan fingerprint density at radius 1 is 1.22 bits per heavy atom. The number of benzene rings is 1. The highest BCUT2D eigenvalue weighted by atomic mass is 35.5. The third-order valence-electron chi connectivity index (χ3n) is 5.36. The van der Waals surface area contributed by atoms with Gasteiger partial charge in [0.15, 0.2) is 0 Å². The number of rotatable bonds is 2. The van der Waals surface area contributed by atoms with E-state index in [0.717, 1.165) is 25.1 Å². The molecule has 4 nitrogen and oxygen atoms in total. The van der Waals surface area contributed by atoms with E-state index < -0.39 is 6.04 Å². The van der Waals surface area contributed by atoms with E-state index in [0.29, 0.717) is 12.0 Å². The summed E-state index contributed by atoms with van der Waals surface area (Å²) in [5.41, 5.74) is 8.32. The number of carbonyl (C=O) groups excluding carboxylic acids is 1. The fourth-order valence-electron chi connectivity index (χ4n) is 3.97. The van der Waals surface area contributed by atoms with Gasteiger partial charge < -0.3 is 15.5 Å². The molecule has 2 N–H and O–H groups in total. The van der Waals surface area contributed by atoms with Gasteiger partial charge in [-0.25, -0.2) is 0 Å². The molecule has 0 aliphatic carbocycles. The van der Waals surface area contributed by atoms with E-state index in [4.69, 9.17) is 5.73 Å². The van der Waals surface area contributed by atoms with Crippen LogP contribution in [0.25, 0.3) is 0 Å². The van der Waals surface area contributed by atoms with Crippen LogP contribution in [0.2, 0.25) is 0 Å². The maximum Gasteiger partial charge on any atom is 0.244 e. The molecule has 2 aliphatic rings. The molecule has 2 fully saturated rings. The standard InChI is InChI=1S/C18H27N3O.ClH/c1-13-5-7-14(8-6-13)17(19)18(22)21-11-9-16-15(12-21)4-3-10-20(16)2;/h5-8,15-17H,3-4,9-12,19H2,1-2H3;1H. The second kappa shape index (κ2) is 7.65. The summed E-state index contributed by atoms with van der Waals surface area (Å²) in [7, 11) is 2.21. The molecule has 0 radical (unpaired) electrons. The molecule has 1 amide bonds. The number of fused-ring (bicyclic) bond motifs is 1. The van der Waals surface area contributed by atoms with E-state index in [-0.39, 0.29) is 18.3 Å². The summed E-state index contributed by atoms with van der Waals surface area (Å²) in [4.78, 5) is 17.2. The summed E-state index contributed by atoms with van der Waals surface area (Å²) < 4.78 is 0. The van der Waals surface area contributed by atoms with Crippen LogP contribution >= 0.6 is 12.4 Å². The average molecular weight is 338 g/mol. The monoisotopic (exact) mass is 337 g/mol. The molecule has 0 aromatic heterocycles. The molecule has 23 heavy (non-hydrogen) atoms. The van der Waals surface area contributed by atoms with Crippen molar-refractivity contribution >= 4 is 18.3 Å². The smallest absolute Gasteiger partial charge is 0.244 e. The quantitative estimate of drug-likeness (QED) is 0.901. The minimum atomic E-state index is -0.529. The third kappa shape index (κ3) is 3.87. The van der Waals surface area contributed by atoms with Gasteiger partial charge in [-0.15, -0.1) is 12.4 Å². The fraction of sp³-hybridized carbons (Fsp3) is 0.611. The number of aryl methyl sites for hydroxylation is 1. The molecule has 1 aromatic carbocycles. The molecule has 2 saturated heterocycles. The molecular weight excluding hydrogens is 310 g/mol. The average Bonchev–Trinajstić information content (AvgIpc) is 2.54. The Kier molecular flexibility index (Phi) is 6.06. The summed E-state index contributed by atoms with van der Waals surface area (Å²) in [6.07, 6.45) is 3.55. The van der Waals surface area contributed by atoms with Crippen LogP contribution in [0.15, 0.2) is 24.3 Å². The van der Waals surface area contributed by atoms with Crippen molar-refractivity contribution in [1.29, 1.82) is 0 Å². The van der Waals surface area contributed by atoms with Crippen molar-refractivity contribution in [1.82, 2.24) is 9.80 Å². The topological polar surface area (TPSA) is 49.6 Å². The van der Waals surface area contributed by atoms with Crippen LogP contribution < -0.4 is 5.73 Å². The lowest BCUT2D eigenvalue weighted by Crippen LogP contribution is -2.55. The molecule has 0 saturated carbocycles. The van der Waals surface area contributed by atoms with E-state index in [2.05, 4.69) is 11.9 Å². The van der Waals surface area contributed by atoms with Crippen molar-refractivity contribution in [3.63, 3.8) is 0 Å². The number of hydrogen-bond donors (Lipinski definition) is 1. The number of halogens is 1. The van der Waals surface area contributed by atoms with Crippen LogP contribution in [-0.2, 0) is 4.79 Å². The Morgan fingerprint density at radius 2 is 1.91 bits per heavy atom. The zero-order chi connectivity index (χ0) is 15.7. The van der Waals surface area contributed by atoms with Gasteiger partial charge >= 0.3 is 0 Å². The number of hydrogen-bond acceptors (Lipinski definition) is 3. The summed E-state index contributed by atoms with van der Waals surface area (Å²) in [6, 6.07) is 8.10. The first-order valence-electron chi connectivity index (χ1n) is 8.37. The second-order valence-electron chi connectivity index (χ2n) is 6.91. The van der Waals surface area contributed by atoms with Crippen LogP contribution in [0.3, 0.4) is 0 Å². The van der Waals surface area contributed by atoms with E-state index in [1.807, 2.05) is 36.1 Å². The first-order chi connectivity index (χ1) is 10.6. The van der Waals surface area contributed by atoms with Crippen LogP contribution in [-0.4, -0.2) is 48.4 Å². The normalized spacial score (nSPS) is 26.1. The molecule has 2 heterocycles. The number of nitrogens with two attached hydrogens (primary N) is 1. The van der Waals surface area contributed by atoms with Crippen LogP contribution in [0.4, 0.5) is 0 Å². The third-order valence-corrected chi connectivity index (χ3v) is 5.36. The lowest BCUT2D eigenvalue weighted by Gasteiger charge is -2.46. The van der Waals surface area contributed by atoms with Crippen molar-refractivity contribution in [2.24, 2.45) is 11.7 Å². The molecule has 2 aliphatic heterocycles. The molecule has 3 atom stereocenters. The van der Waals surface area contributed by atoms with Crippen LogP contribution in [0.5, 0.6) is 0 Å². The molecular formula is C18H28ClN3O. The highest BCUT2D eigenvalue weighted by molar-refractivity contribution is 5.85. The van der Waals surface area contributed by atoms with E-state index in [1.165, 1.54) is 24.9 Å². The highest BCUT2D eigenvalue weighted by Gasteiger charge is 2.36. The maximum absolute atomic E-state index is 12.7. The Hall–Kier alpha value is -1.10. The van der Waals surface area contributed by atoms with Crippen molar-refractivity contribution in [2.75, 3.05) is 26.7 Å². The largest absolute Gasteiger partial charge is 0.341 e. The van der Waals surface area contributed by atoms with Gasteiger partial charge in [-0.3, -0.25) is 4.79 Å². The van der Waals surface area contributed by atoms with Gasteiger partial charge in [-0.2, -0.15) is 0 Å². The van der Waals surface area contributed by atoms with Gasteiger partial charge in [-0.1, -0.05) is 29.8 Å². The van der Waals surface area contributed by atoms with Gasteiger partial charge in [0.1, 0.15) is 6.04 Å². The number of carbonyl (C=O) groups is 1. The first kappa shape index (κ1) is 18.2. The number of likely N-dealkylation sites (tertiary alicyclic amines) is 2. The number of piperidine rings is 2. The van der Waals surface area contributed by atoms with Gasteiger partial charge in [-0.05, 0) is 51.3 Å². The Morgan fingerprint density at radius 3 is 2.61 bits per heavy atom. The molecule has 0 spiro atoms. The fourth-order valence-corrected chi connectivity index (χ4v) is 3.97. The SMILES string of the molecule is Cc1ccc(C(N)C(=O)N2CCC3C(CCCN3C)C2)cc1.Cl. The van der Waals surface area contributed by atoms with E-state index >= 15 is 0 Å². The lowest BCUT2D eigenvalue weighted by molar-refractivity contribution is -0.136. The van der Waals surface area contributed by atoms with Crippen molar-refractivity contribution in [3.05, 3.63) is 35.4 Å². The van der Waals surface area contributed by atoms with Crippen molar-refractivity contribution in [2.45, 2.75) is 38.3 Å². The molecule has 5 heteroatoms. The summed E-state index contributed by atoms with van der Waals surface area (Å²) in [5, 5.41) is 0. The van der Waals surface area contributed by atoms with Crippen LogP contribution in [0, 0.1) is 12.8 Å². The predicted molar refractivity (Wildman–Crippen MR) is 95.7 cm³/mol. The van der Waals surface area contributed by atoms with Crippen molar-refractivity contribution < 1.29 is 4.79 Å². The molecule has 0 bridgehead atoms. The number of nitrogens with zero attached hydrogens (tertiary/aromatic N) is 2. The lowest BCUT2D eigenvalue weighted by atomic mass is 9.84. The molecule has 128 valence electrons. The number of amides is 1. The summed E-state index contributed by atoms with van der Waals surface area (Å²) >= 11 is 0. The van der Waals surface area contributed by atoms with Gasteiger partial charge in [0, 0.05) is 19.1 Å². The Balaban J connectivity index is 0.00000192. The molecule has 3 unspecified atom stereocenters. The van der Waals surface area contributed by atoms with Gasteiger partial charge in [0.25, 0.3) is 0 Å². The highest BCUT2D eigenvalue weighted by Crippen LogP contribution is 2.30. The van der Waals surface area contributed by atoms with Gasteiger partial charge in [0.2, 0.25) is 5.91 Å².